The van der Waals surface area contributed by atoms with E-state index in [9.17, 15) is 0 Å². The van der Waals surface area contributed by atoms with Crippen molar-refractivity contribution in [2.45, 2.75) is 53.5 Å². The lowest BCUT2D eigenvalue weighted by Gasteiger charge is -2.13. The van der Waals surface area contributed by atoms with Gasteiger partial charge in [-0.1, -0.05) is 31.1 Å². The van der Waals surface area contributed by atoms with E-state index in [0.29, 0.717) is 45.2 Å². The quantitative estimate of drug-likeness (QED) is 0.181. The Kier molecular flexibility index (Phi) is 13.1. The van der Waals surface area contributed by atoms with E-state index < -0.39 is 0 Å². The average molecular weight is 545 g/mol. The van der Waals surface area contributed by atoms with E-state index in [4.69, 9.17) is 19.0 Å². The number of guanidine groups is 1. The summed E-state index contributed by atoms with van der Waals surface area (Å²) in [5.74, 6) is 3.21. The fraction of sp³-hybridized carbons (Fsp3) is 0.591. The Morgan fingerprint density at radius 1 is 1.19 bits per heavy atom. The van der Waals surface area contributed by atoms with Crippen LogP contribution in [0.15, 0.2) is 27.7 Å². The van der Waals surface area contributed by atoms with Crippen molar-refractivity contribution < 1.29 is 14.0 Å². The first-order valence-electron chi connectivity index (χ1n) is 10.7. The fourth-order valence-electron chi connectivity index (χ4n) is 2.68. The summed E-state index contributed by atoms with van der Waals surface area (Å²) in [7, 11) is 0. The lowest BCUT2D eigenvalue weighted by Crippen LogP contribution is -2.38. The van der Waals surface area contributed by atoms with E-state index >= 15 is 0 Å². The second-order valence-electron chi connectivity index (χ2n) is 7.23. The van der Waals surface area contributed by atoms with Crippen molar-refractivity contribution >= 4 is 29.9 Å². The van der Waals surface area contributed by atoms with Gasteiger partial charge in [-0.2, -0.15) is 4.98 Å². The summed E-state index contributed by atoms with van der Waals surface area (Å²) >= 11 is 0. The van der Waals surface area contributed by atoms with Gasteiger partial charge in [0.2, 0.25) is 5.89 Å². The third-order valence-electron chi connectivity index (χ3n) is 4.30. The lowest BCUT2D eigenvalue weighted by molar-refractivity contribution is 0.110. The zero-order valence-corrected chi connectivity index (χ0v) is 21.6. The molecule has 0 aliphatic carbocycles. The van der Waals surface area contributed by atoms with Gasteiger partial charge in [0.1, 0.15) is 12.4 Å². The van der Waals surface area contributed by atoms with Crippen LogP contribution in [0.1, 0.15) is 56.5 Å². The number of nitrogens with zero attached hydrogens (tertiary/aromatic N) is 3. The van der Waals surface area contributed by atoms with Gasteiger partial charge < -0.3 is 24.6 Å². The average Bonchev–Trinajstić information content (AvgIpc) is 3.20. The summed E-state index contributed by atoms with van der Waals surface area (Å²) in [6.45, 7) is 13.9. The summed E-state index contributed by atoms with van der Waals surface area (Å²) < 4.78 is 16.6. The zero-order valence-electron chi connectivity index (χ0n) is 19.2. The Hall–Kier alpha value is -1.88. The molecule has 0 atom stereocenters. The molecule has 1 aromatic heterocycles. The van der Waals surface area contributed by atoms with Crippen molar-refractivity contribution in [1.82, 2.24) is 20.8 Å². The van der Waals surface area contributed by atoms with Crippen molar-refractivity contribution in [1.29, 1.82) is 0 Å². The van der Waals surface area contributed by atoms with Crippen molar-refractivity contribution in [2.75, 3.05) is 32.9 Å². The number of aliphatic imine (C=N–C) groups is 1. The van der Waals surface area contributed by atoms with Gasteiger partial charge in [-0.05, 0) is 32.4 Å². The van der Waals surface area contributed by atoms with E-state index in [1.54, 1.807) is 0 Å². The Balaban J connectivity index is 0.00000480. The van der Waals surface area contributed by atoms with Gasteiger partial charge in [-0.25, -0.2) is 4.99 Å². The number of benzene rings is 1. The highest BCUT2D eigenvalue weighted by Crippen LogP contribution is 2.21. The van der Waals surface area contributed by atoms with E-state index in [1.165, 1.54) is 0 Å². The molecule has 0 radical (unpaired) electrons. The van der Waals surface area contributed by atoms with Crippen LogP contribution in [0.3, 0.4) is 0 Å². The van der Waals surface area contributed by atoms with Crippen LogP contribution in [0, 0.1) is 6.92 Å². The molecule has 0 spiro atoms. The van der Waals surface area contributed by atoms with E-state index in [2.05, 4.69) is 39.8 Å². The molecule has 2 rings (SSSR count). The molecule has 0 aliphatic heterocycles. The summed E-state index contributed by atoms with van der Waals surface area (Å²) in [6.07, 6.45) is 0.639. The lowest BCUT2D eigenvalue weighted by atomic mass is 10.1. The van der Waals surface area contributed by atoms with Crippen molar-refractivity contribution in [3.8, 4) is 5.75 Å². The minimum atomic E-state index is 0. The molecular weight excluding hydrogens is 509 g/mol. The molecule has 0 aliphatic rings. The Bertz CT molecular complexity index is 795. The second kappa shape index (κ2) is 15.0. The Morgan fingerprint density at radius 2 is 2.00 bits per heavy atom. The third kappa shape index (κ3) is 9.86. The maximum Gasteiger partial charge on any atom is 0.228 e. The van der Waals surface area contributed by atoms with Crippen LogP contribution in [0.4, 0.5) is 0 Å². The fourth-order valence-corrected chi connectivity index (χ4v) is 2.68. The summed E-state index contributed by atoms with van der Waals surface area (Å²) in [4.78, 5) is 9.10. The molecule has 0 amide bonds. The molecule has 174 valence electrons. The summed E-state index contributed by atoms with van der Waals surface area (Å²) in [6, 6.07) is 6.17. The molecule has 31 heavy (non-hydrogen) atoms. The Labute approximate surface area is 202 Å². The van der Waals surface area contributed by atoms with Gasteiger partial charge in [-0.15, -0.1) is 24.0 Å². The van der Waals surface area contributed by atoms with Crippen LogP contribution in [0.5, 0.6) is 5.75 Å². The van der Waals surface area contributed by atoms with Gasteiger partial charge in [0, 0.05) is 37.6 Å². The van der Waals surface area contributed by atoms with Crippen LogP contribution in [0.2, 0.25) is 0 Å². The number of halogens is 1. The molecule has 0 saturated heterocycles. The molecule has 8 nitrogen and oxygen atoms in total. The molecule has 1 aromatic carbocycles. The number of hydrogen-bond acceptors (Lipinski definition) is 6. The molecule has 2 N–H and O–H groups in total. The predicted molar refractivity (Wildman–Crippen MR) is 133 cm³/mol. The monoisotopic (exact) mass is 545 g/mol. The zero-order chi connectivity index (χ0) is 21.8. The molecule has 0 bridgehead atoms. The number of aryl methyl sites for hydroxylation is 1. The van der Waals surface area contributed by atoms with Crippen molar-refractivity contribution in [2.24, 2.45) is 4.99 Å². The molecule has 0 unspecified atom stereocenters. The SMILES string of the molecule is CCNC(=NCc1ccc(C)cc1OCCOCC)NCCc1nc(C(C)C)no1.I. The predicted octanol–water partition coefficient (Wildman–Crippen LogP) is 3.83. The van der Waals surface area contributed by atoms with Crippen LogP contribution < -0.4 is 15.4 Å². The third-order valence-corrected chi connectivity index (χ3v) is 4.30. The largest absolute Gasteiger partial charge is 0.491 e. The van der Waals surface area contributed by atoms with Crippen molar-refractivity contribution in [3.05, 3.63) is 41.0 Å². The van der Waals surface area contributed by atoms with Crippen molar-refractivity contribution in [3.63, 3.8) is 0 Å². The first kappa shape index (κ1) is 27.2. The van der Waals surface area contributed by atoms with Crippen LogP contribution in [-0.2, 0) is 17.7 Å². The van der Waals surface area contributed by atoms with Gasteiger partial charge >= 0.3 is 0 Å². The van der Waals surface area contributed by atoms with Gasteiger partial charge in [-0.3, -0.25) is 0 Å². The maximum absolute atomic E-state index is 5.91. The van der Waals surface area contributed by atoms with Gasteiger partial charge in [0.15, 0.2) is 11.8 Å². The smallest absolute Gasteiger partial charge is 0.228 e. The highest BCUT2D eigenvalue weighted by Gasteiger charge is 2.10. The Morgan fingerprint density at radius 3 is 2.68 bits per heavy atom. The van der Waals surface area contributed by atoms with E-state index in [-0.39, 0.29) is 29.9 Å². The van der Waals surface area contributed by atoms with E-state index in [0.717, 1.165) is 35.2 Å². The maximum atomic E-state index is 5.91. The number of hydrogen-bond donors (Lipinski definition) is 2. The molecule has 0 fully saturated rings. The highest BCUT2D eigenvalue weighted by atomic mass is 127. The number of rotatable bonds is 12. The van der Waals surface area contributed by atoms with Gasteiger partial charge in [0.05, 0.1) is 13.2 Å². The molecular formula is C22H36IN5O3. The van der Waals surface area contributed by atoms with Crippen LogP contribution in [-0.4, -0.2) is 49.0 Å². The number of nitrogens with one attached hydrogen (secondary N) is 2. The molecule has 2 aromatic rings. The van der Waals surface area contributed by atoms with E-state index in [1.807, 2.05) is 33.8 Å². The first-order chi connectivity index (χ1) is 14.5. The topological polar surface area (TPSA) is 93.8 Å². The standard InChI is InChI=1S/C22H35N5O3.HI/c1-6-23-22(24-11-10-20-26-21(16(3)4)27-30-20)25-15-18-9-8-17(5)14-19(18)29-13-12-28-7-2;/h8-9,14,16H,6-7,10-13,15H2,1-5H3,(H2,23,24,25);1H. The molecule has 1 heterocycles. The van der Waals surface area contributed by atoms with Crippen LogP contribution >= 0.6 is 24.0 Å². The second-order valence-corrected chi connectivity index (χ2v) is 7.23. The normalized spacial score (nSPS) is 11.4. The summed E-state index contributed by atoms with van der Waals surface area (Å²) in [5.41, 5.74) is 2.19. The van der Waals surface area contributed by atoms with Crippen LogP contribution in [0.25, 0.3) is 0 Å². The number of aromatic nitrogens is 2. The minimum absolute atomic E-state index is 0. The summed E-state index contributed by atoms with van der Waals surface area (Å²) in [5, 5.41) is 10.6. The molecule has 0 saturated carbocycles. The highest BCUT2D eigenvalue weighted by molar-refractivity contribution is 14.0. The minimum Gasteiger partial charge on any atom is -0.491 e. The molecule has 9 heteroatoms. The number of ether oxygens (including phenoxy) is 2. The van der Waals surface area contributed by atoms with Gasteiger partial charge in [0.25, 0.3) is 0 Å². The first-order valence-corrected chi connectivity index (χ1v) is 10.7.